The van der Waals surface area contributed by atoms with Crippen LogP contribution < -0.4 is 5.32 Å². The fraction of sp³-hybridized carbons (Fsp3) is 0. The monoisotopic (exact) mass is 283 g/mol. The summed E-state index contributed by atoms with van der Waals surface area (Å²) in [6, 6.07) is 12.7. The molecule has 0 spiro atoms. The fourth-order valence-electron chi connectivity index (χ4n) is 1.82. The highest BCUT2D eigenvalue weighted by Crippen LogP contribution is 2.14. The molecule has 0 saturated carbocycles. The van der Waals surface area contributed by atoms with E-state index in [2.05, 4.69) is 20.8 Å². The van der Waals surface area contributed by atoms with Gasteiger partial charge in [-0.2, -0.15) is 0 Å². The number of tetrazole rings is 1. The van der Waals surface area contributed by atoms with E-state index in [-0.39, 0.29) is 5.56 Å². The highest BCUT2D eigenvalue weighted by Gasteiger charge is 2.10. The Morgan fingerprint density at radius 3 is 2.52 bits per heavy atom. The quantitative estimate of drug-likeness (QED) is 0.798. The van der Waals surface area contributed by atoms with Gasteiger partial charge >= 0.3 is 0 Å². The van der Waals surface area contributed by atoms with Crippen molar-refractivity contribution in [3.8, 4) is 5.69 Å². The van der Waals surface area contributed by atoms with E-state index >= 15 is 0 Å². The lowest BCUT2D eigenvalue weighted by Gasteiger charge is -2.07. The van der Waals surface area contributed by atoms with Crippen molar-refractivity contribution >= 4 is 11.6 Å². The number of carbonyl (C=O) groups excluding carboxylic acids is 1. The van der Waals surface area contributed by atoms with Crippen LogP contribution in [0.25, 0.3) is 5.69 Å². The van der Waals surface area contributed by atoms with Gasteiger partial charge in [-0.3, -0.25) is 4.79 Å². The lowest BCUT2D eigenvalue weighted by atomic mass is 10.2. The van der Waals surface area contributed by atoms with Crippen molar-refractivity contribution in [3.63, 3.8) is 0 Å². The maximum Gasteiger partial charge on any atom is 0.258 e. The van der Waals surface area contributed by atoms with Crippen molar-refractivity contribution in [2.24, 2.45) is 0 Å². The summed E-state index contributed by atoms with van der Waals surface area (Å²) in [5, 5.41) is 13.5. The molecular formula is C14H10FN5O. The summed E-state index contributed by atoms with van der Waals surface area (Å²) in [6.07, 6.45) is 1.47. The number of halogens is 1. The summed E-state index contributed by atoms with van der Waals surface area (Å²) in [5.41, 5.74) is 1.31. The first kappa shape index (κ1) is 12.9. The van der Waals surface area contributed by atoms with Crippen LogP contribution >= 0.6 is 0 Å². The van der Waals surface area contributed by atoms with E-state index in [4.69, 9.17) is 0 Å². The fourth-order valence-corrected chi connectivity index (χ4v) is 1.82. The number of aromatic nitrogens is 4. The van der Waals surface area contributed by atoms with Crippen LogP contribution in [0.2, 0.25) is 0 Å². The molecule has 0 saturated heterocycles. The van der Waals surface area contributed by atoms with Crippen LogP contribution in [0, 0.1) is 5.82 Å². The van der Waals surface area contributed by atoms with Crippen LogP contribution in [0.15, 0.2) is 54.9 Å². The van der Waals surface area contributed by atoms with Crippen LogP contribution in [0.3, 0.4) is 0 Å². The largest absolute Gasteiger partial charge is 0.322 e. The first-order valence-electron chi connectivity index (χ1n) is 6.13. The van der Waals surface area contributed by atoms with Gasteiger partial charge in [-0.1, -0.05) is 12.1 Å². The third-order valence-corrected chi connectivity index (χ3v) is 2.86. The lowest BCUT2D eigenvalue weighted by molar-refractivity contribution is 0.102. The topological polar surface area (TPSA) is 72.7 Å². The normalized spacial score (nSPS) is 10.3. The van der Waals surface area contributed by atoms with Gasteiger partial charge in [0.15, 0.2) is 0 Å². The molecule has 7 heteroatoms. The molecule has 0 unspecified atom stereocenters. The molecule has 1 N–H and O–H groups in total. The highest BCUT2D eigenvalue weighted by atomic mass is 19.1. The van der Waals surface area contributed by atoms with Gasteiger partial charge in [-0.25, -0.2) is 9.07 Å². The second-order valence-electron chi connectivity index (χ2n) is 4.24. The van der Waals surface area contributed by atoms with Crippen LogP contribution in [0.5, 0.6) is 0 Å². The zero-order chi connectivity index (χ0) is 14.7. The predicted molar refractivity (Wildman–Crippen MR) is 73.5 cm³/mol. The van der Waals surface area contributed by atoms with Gasteiger partial charge < -0.3 is 5.32 Å². The Kier molecular flexibility index (Phi) is 3.38. The zero-order valence-electron chi connectivity index (χ0n) is 10.8. The molecule has 0 bridgehead atoms. The third-order valence-electron chi connectivity index (χ3n) is 2.86. The Hall–Kier alpha value is -3.09. The molecule has 0 aliphatic heterocycles. The van der Waals surface area contributed by atoms with Crippen molar-refractivity contribution < 1.29 is 9.18 Å². The van der Waals surface area contributed by atoms with E-state index in [0.717, 1.165) is 5.69 Å². The smallest absolute Gasteiger partial charge is 0.258 e. The van der Waals surface area contributed by atoms with Gasteiger partial charge in [0.1, 0.15) is 12.1 Å². The van der Waals surface area contributed by atoms with Crippen molar-refractivity contribution in [3.05, 3.63) is 66.2 Å². The van der Waals surface area contributed by atoms with Crippen molar-refractivity contribution in [1.82, 2.24) is 20.2 Å². The number of carbonyl (C=O) groups is 1. The minimum absolute atomic E-state index is 0.00190. The standard InChI is InChI=1S/C14H10FN5O/c15-13-4-2-1-3-12(13)14(21)17-10-5-7-11(8-6-10)20-9-16-18-19-20/h1-9H,(H,17,21). The number of hydrogen-bond donors (Lipinski definition) is 1. The van der Waals surface area contributed by atoms with Crippen molar-refractivity contribution in [2.45, 2.75) is 0 Å². The van der Waals surface area contributed by atoms with Gasteiger partial charge in [-0.15, -0.1) is 5.10 Å². The zero-order valence-corrected chi connectivity index (χ0v) is 10.8. The van der Waals surface area contributed by atoms with Crippen LogP contribution in [-0.4, -0.2) is 26.1 Å². The van der Waals surface area contributed by atoms with E-state index in [1.54, 1.807) is 30.3 Å². The molecule has 0 fully saturated rings. The summed E-state index contributed by atoms with van der Waals surface area (Å²) in [4.78, 5) is 12.0. The molecular weight excluding hydrogens is 273 g/mol. The minimum Gasteiger partial charge on any atom is -0.322 e. The Bertz CT molecular complexity index is 755. The lowest BCUT2D eigenvalue weighted by Crippen LogP contribution is -2.13. The van der Waals surface area contributed by atoms with E-state index in [0.29, 0.717) is 5.69 Å². The second kappa shape index (κ2) is 5.49. The third kappa shape index (κ3) is 2.76. The number of rotatable bonds is 3. The van der Waals surface area contributed by atoms with Gasteiger partial charge in [0, 0.05) is 5.69 Å². The molecule has 1 aromatic heterocycles. The number of nitrogens with zero attached hydrogens (tertiary/aromatic N) is 4. The Balaban J connectivity index is 1.77. The van der Waals surface area contributed by atoms with Crippen molar-refractivity contribution in [2.75, 3.05) is 5.32 Å². The van der Waals surface area contributed by atoms with Crippen LogP contribution in [0.1, 0.15) is 10.4 Å². The molecule has 3 rings (SSSR count). The van der Waals surface area contributed by atoms with Crippen LogP contribution in [0.4, 0.5) is 10.1 Å². The maximum atomic E-state index is 13.5. The SMILES string of the molecule is O=C(Nc1ccc(-n2cnnn2)cc1)c1ccccc1F. The number of hydrogen-bond acceptors (Lipinski definition) is 4. The summed E-state index contributed by atoms with van der Waals surface area (Å²) in [6.45, 7) is 0. The predicted octanol–water partition coefficient (Wildman–Crippen LogP) is 2.05. The molecule has 0 radical (unpaired) electrons. The molecule has 3 aromatic rings. The minimum atomic E-state index is -0.555. The highest BCUT2D eigenvalue weighted by molar-refractivity contribution is 6.04. The van der Waals surface area contributed by atoms with Crippen LogP contribution in [-0.2, 0) is 0 Å². The summed E-state index contributed by atoms with van der Waals surface area (Å²) in [5.74, 6) is -1.05. The first-order valence-corrected chi connectivity index (χ1v) is 6.13. The number of anilines is 1. The average Bonchev–Trinajstić information content (AvgIpc) is 3.02. The maximum absolute atomic E-state index is 13.5. The van der Waals surface area contributed by atoms with Crippen molar-refractivity contribution in [1.29, 1.82) is 0 Å². The van der Waals surface area contributed by atoms with Gasteiger partial charge in [-0.05, 0) is 46.8 Å². The molecule has 0 aliphatic carbocycles. The van der Waals surface area contributed by atoms with Gasteiger partial charge in [0.2, 0.25) is 0 Å². The van der Waals surface area contributed by atoms with Gasteiger partial charge in [0.05, 0.1) is 11.3 Å². The molecule has 0 atom stereocenters. The van der Waals surface area contributed by atoms with E-state index in [9.17, 15) is 9.18 Å². The molecule has 6 nitrogen and oxygen atoms in total. The van der Waals surface area contributed by atoms with Gasteiger partial charge in [0.25, 0.3) is 5.91 Å². The Labute approximate surface area is 119 Å². The summed E-state index contributed by atoms with van der Waals surface area (Å²) >= 11 is 0. The van der Waals surface area contributed by atoms with E-state index in [1.807, 2.05) is 0 Å². The number of benzene rings is 2. The molecule has 1 heterocycles. The average molecular weight is 283 g/mol. The molecule has 1 amide bonds. The summed E-state index contributed by atoms with van der Waals surface area (Å²) < 4.78 is 15.0. The Morgan fingerprint density at radius 2 is 1.86 bits per heavy atom. The molecule has 21 heavy (non-hydrogen) atoms. The molecule has 104 valence electrons. The first-order chi connectivity index (χ1) is 10.2. The number of amides is 1. The second-order valence-corrected chi connectivity index (χ2v) is 4.24. The Morgan fingerprint density at radius 1 is 1.10 bits per heavy atom. The molecule has 0 aliphatic rings. The number of nitrogens with one attached hydrogen (secondary N) is 1. The van der Waals surface area contributed by atoms with E-state index in [1.165, 1.54) is 29.2 Å². The van der Waals surface area contributed by atoms with E-state index < -0.39 is 11.7 Å². The molecule has 2 aromatic carbocycles. The summed E-state index contributed by atoms with van der Waals surface area (Å²) in [7, 11) is 0.